The van der Waals surface area contributed by atoms with Crippen molar-refractivity contribution in [1.82, 2.24) is 20.0 Å². The number of halogens is 1. The molecule has 1 unspecified atom stereocenters. The molecule has 0 aliphatic rings. The Labute approximate surface area is 125 Å². The molecule has 1 N–H and O–H groups in total. The molecule has 1 atom stereocenters. The summed E-state index contributed by atoms with van der Waals surface area (Å²) in [5.74, 6) is 0.505. The summed E-state index contributed by atoms with van der Waals surface area (Å²) in [6.07, 6.45) is 3.04. The molecule has 0 saturated carbocycles. The maximum Gasteiger partial charge on any atom is 0.0635 e. The van der Waals surface area contributed by atoms with Crippen LogP contribution >= 0.6 is 15.9 Å². The average molecular weight is 331 g/mol. The van der Waals surface area contributed by atoms with Crippen LogP contribution in [-0.2, 0) is 6.54 Å². The van der Waals surface area contributed by atoms with Crippen LogP contribution in [0.4, 0.5) is 0 Å². The third kappa shape index (κ3) is 5.63. The van der Waals surface area contributed by atoms with Crippen LogP contribution < -0.4 is 5.32 Å². The van der Waals surface area contributed by atoms with E-state index in [1.54, 1.807) is 0 Å². The van der Waals surface area contributed by atoms with E-state index in [1.165, 1.54) is 5.69 Å². The standard InChI is InChI=1S/C14H27BrN4/c1-11(2)16-7-6-12(3)14-13(15)10-17-19(14)9-8-18(4)5/h10-12,16H,6-9H2,1-5H3. The van der Waals surface area contributed by atoms with Gasteiger partial charge in [-0.2, -0.15) is 5.10 Å². The van der Waals surface area contributed by atoms with Gasteiger partial charge in [0.05, 0.1) is 22.9 Å². The van der Waals surface area contributed by atoms with Crippen molar-refractivity contribution in [3.05, 3.63) is 16.4 Å². The topological polar surface area (TPSA) is 33.1 Å². The SMILES string of the molecule is CC(C)NCCC(C)c1c(Br)cnn1CCN(C)C. The Balaban J connectivity index is 2.61. The van der Waals surface area contributed by atoms with Crippen LogP contribution in [-0.4, -0.2) is 47.9 Å². The fourth-order valence-corrected chi connectivity index (χ4v) is 2.75. The molecule has 0 aliphatic carbocycles. The highest BCUT2D eigenvalue weighted by molar-refractivity contribution is 9.10. The minimum atomic E-state index is 0.505. The Morgan fingerprint density at radius 2 is 2.05 bits per heavy atom. The summed E-state index contributed by atoms with van der Waals surface area (Å²) >= 11 is 3.63. The Kier molecular flexibility index (Phi) is 7.04. The number of hydrogen-bond donors (Lipinski definition) is 1. The summed E-state index contributed by atoms with van der Waals surface area (Å²) < 4.78 is 3.26. The summed E-state index contributed by atoms with van der Waals surface area (Å²) in [6, 6.07) is 0.550. The third-order valence-corrected chi connectivity index (χ3v) is 3.80. The first-order chi connectivity index (χ1) is 8.91. The molecule has 0 fully saturated rings. The van der Waals surface area contributed by atoms with Gasteiger partial charge >= 0.3 is 0 Å². The van der Waals surface area contributed by atoms with Gasteiger partial charge in [0, 0.05) is 18.5 Å². The first kappa shape index (κ1) is 16.7. The molecule has 5 heteroatoms. The van der Waals surface area contributed by atoms with Crippen LogP contribution in [0.1, 0.15) is 38.8 Å². The molecule has 1 aromatic heterocycles. The zero-order chi connectivity index (χ0) is 14.4. The van der Waals surface area contributed by atoms with E-state index in [-0.39, 0.29) is 0 Å². The minimum Gasteiger partial charge on any atom is -0.315 e. The molecule has 0 bridgehead atoms. The second-order valence-electron chi connectivity index (χ2n) is 5.70. The van der Waals surface area contributed by atoms with Crippen molar-refractivity contribution in [1.29, 1.82) is 0 Å². The lowest BCUT2D eigenvalue weighted by molar-refractivity contribution is 0.365. The number of aromatic nitrogens is 2. The molecule has 0 radical (unpaired) electrons. The summed E-state index contributed by atoms with van der Waals surface area (Å²) in [6.45, 7) is 9.64. The van der Waals surface area contributed by atoms with Crippen LogP contribution in [0.2, 0.25) is 0 Å². The molecule has 0 aromatic carbocycles. The lowest BCUT2D eigenvalue weighted by Gasteiger charge is -2.17. The maximum absolute atomic E-state index is 4.47. The predicted octanol–water partition coefficient (Wildman–Crippen LogP) is 2.70. The minimum absolute atomic E-state index is 0.505. The molecular formula is C14H27BrN4. The highest BCUT2D eigenvalue weighted by Gasteiger charge is 2.16. The van der Waals surface area contributed by atoms with Gasteiger partial charge in [0.1, 0.15) is 0 Å². The van der Waals surface area contributed by atoms with E-state index in [0.29, 0.717) is 12.0 Å². The van der Waals surface area contributed by atoms with E-state index < -0.39 is 0 Å². The van der Waals surface area contributed by atoms with Crippen molar-refractivity contribution < 1.29 is 0 Å². The number of nitrogens with one attached hydrogen (secondary N) is 1. The van der Waals surface area contributed by atoms with Crippen molar-refractivity contribution in [2.45, 2.75) is 45.7 Å². The molecule has 4 nitrogen and oxygen atoms in total. The molecule has 0 saturated heterocycles. The number of nitrogens with zero attached hydrogens (tertiary/aromatic N) is 3. The van der Waals surface area contributed by atoms with Crippen molar-refractivity contribution in [2.24, 2.45) is 0 Å². The highest BCUT2D eigenvalue weighted by Crippen LogP contribution is 2.26. The van der Waals surface area contributed by atoms with Gasteiger partial charge in [-0.3, -0.25) is 4.68 Å². The molecule has 19 heavy (non-hydrogen) atoms. The summed E-state index contributed by atoms with van der Waals surface area (Å²) in [5, 5.41) is 7.95. The van der Waals surface area contributed by atoms with Crippen molar-refractivity contribution in [3.8, 4) is 0 Å². The van der Waals surface area contributed by atoms with Crippen LogP contribution in [0.3, 0.4) is 0 Å². The van der Waals surface area contributed by atoms with Crippen LogP contribution in [0.15, 0.2) is 10.7 Å². The summed E-state index contributed by atoms with van der Waals surface area (Å²) in [5.41, 5.74) is 1.31. The second-order valence-corrected chi connectivity index (χ2v) is 6.56. The van der Waals surface area contributed by atoms with Crippen LogP contribution in [0.5, 0.6) is 0 Å². The lowest BCUT2D eigenvalue weighted by atomic mass is 10.0. The van der Waals surface area contributed by atoms with Crippen molar-refractivity contribution in [3.63, 3.8) is 0 Å². The predicted molar refractivity (Wildman–Crippen MR) is 84.7 cm³/mol. The van der Waals surface area contributed by atoms with Gasteiger partial charge in [-0.1, -0.05) is 20.8 Å². The normalized spacial score (nSPS) is 13.5. The van der Waals surface area contributed by atoms with Gasteiger partial charge in [0.2, 0.25) is 0 Å². The Morgan fingerprint density at radius 1 is 1.37 bits per heavy atom. The molecule has 1 aromatic rings. The lowest BCUT2D eigenvalue weighted by Crippen LogP contribution is -2.25. The fraction of sp³-hybridized carbons (Fsp3) is 0.786. The largest absolute Gasteiger partial charge is 0.315 e. The van der Waals surface area contributed by atoms with Gasteiger partial charge in [-0.25, -0.2) is 0 Å². The quantitative estimate of drug-likeness (QED) is 0.795. The molecule has 0 amide bonds. The zero-order valence-corrected chi connectivity index (χ0v) is 14.4. The van der Waals surface area contributed by atoms with Gasteiger partial charge in [-0.05, 0) is 43.0 Å². The summed E-state index contributed by atoms with van der Waals surface area (Å²) in [7, 11) is 4.18. The van der Waals surface area contributed by atoms with Gasteiger partial charge in [0.15, 0.2) is 0 Å². The molecule has 110 valence electrons. The Morgan fingerprint density at radius 3 is 2.63 bits per heavy atom. The molecule has 0 aliphatic heterocycles. The van der Waals surface area contributed by atoms with Gasteiger partial charge < -0.3 is 10.2 Å². The third-order valence-electron chi connectivity index (χ3n) is 3.19. The van der Waals surface area contributed by atoms with Crippen molar-refractivity contribution >= 4 is 15.9 Å². The number of likely N-dealkylation sites (N-methyl/N-ethyl adjacent to an activating group) is 1. The van der Waals surface area contributed by atoms with E-state index in [4.69, 9.17) is 0 Å². The fourth-order valence-electron chi connectivity index (χ4n) is 2.06. The van der Waals surface area contributed by atoms with E-state index in [0.717, 1.165) is 30.5 Å². The van der Waals surface area contributed by atoms with Crippen LogP contribution in [0.25, 0.3) is 0 Å². The molecule has 1 rings (SSSR count). The van der Waals surface area contributed by atoms with Crippen molar-refractivity contribution in [2.75, 3.05) is 27.2 Å². The highest BCUT2D eigenvalue weighted by atomic mass is 79.9. The smallest absolute Gasteiger partial charge is 0.0635 e. The first-order valence-corrected chi connectivity index (χ1v) is 7.80. The second kappa shape index (κ2) is 8.02. The van der Waals surface area contributed by atoms with E-state index >= 15 is 0 Å². The van der Waals surface area contributed by atoms with E-state index in [9.17, 15) is 0 Å². The number of rotatable bonds is 8. The number of hydrogen-bond acceptors (Lipinski definition) is 3. The Bertz CT molecular complexity index is 374. The summed E-state index contributed by atoms with van der Waals surface area (Å²) in [4.78, 5) is 2.18. The van der Waals surface area contributed by atoms with Gasteiger partial charge in [-0.15, -0.1) is 0 Å². The van der Waals surface area contributed by atoms with Gasteiger partial charge in [0.25, 0.3) is 0 Å². The van der Waals surface area contributed by atoms with E-state index in [2.05, 4.69) is 70.8 Å². The van der Waals surface area contributed by atoms with E-state index in [1.807, 2.05) is 6.20 Å². The average Bonchev–Trinajstić information content (AvgIpc) is 2.67. The molecular weight excluding hydrogens is 304 g/mol. The molecule has 1 heterocycles. The molecule has 0 spiro atoms. The first-order valence-electron chi connectivity index (χ1n) is 7.01. The monoisotopic (exact) mass is 330 g/mol. The van der Waals surface area contributed by atoms with Crippen LogP contribution in [0, 0.1) is 0 Å². The Hall–Kier alpha value is -0.390. The zero-order valence-electron chi connectivity index (χ0n) is 12.8. The maximum atomic E-state index is 4.47.